The Morgan fingerprint density at radius 2 is 1.45 bits per heavy atom. The van der Waals surface area contributed by atoms with Gasteiger partial charge in [-0.1, -0.05) is 35.9 Å². The summed E-state index contributed by atoms with van der Waals surface area (Å²) in [7, 11) is 0. The molecule has 0 heterocycles. The molecular formula is C23H21ClN2O3. The normalized spacial score (nSPS) is 10.9. The lowest BCUT2D eigenvalue weighted by molar-refractivity contribution is -0.128. The van der Waals surface area contributed by atoms with Crippen LogP contribution in [0.2, 0.25) is 5.02 Å². The number of carbonyl (C=O) groups is 2. The lowest BCUT2D eigenvalue weighted by Crippen LogP contribution is -2.42. The van der Waals surface area contributed by atoms with Crippen LogP contribution in [-0.2, 0) is 4.79 Å². The summed E-state index contributed by atoms with van der Waals surface area (Å²) in [6, 6.07) is 22.7. The fourth-order valence-corrected chi connectivity index (χ4v) is 2.72. The summed E-state index contributed by atoms with van der Waals surface area (Å²) in [5.74, 6) is -0.00195. The number of halogens is 1. The van der Waals surface area contributed by atoms with Crippen LogP contribution in [0.15, 0.2) is 78.9 Å². The fraction of sp³-hybridized carbons (Fsp3) is 0.130. The molecule has 6 heteroatoms. The number of carbonyl (C=O) groups excluding carboxylic acids is 2. The Morgan fingerprint density at radius 1 is 0.828 bits per heavy atom. The highest BCUT2D eigenvalue weighted by atomic mass is 35.5. The summed E-state index contributed by atoms with van der Waals surface area (Å²) in [4.78, 5) is 25.0. The van der Waals surface area contributed by atoms with Crippen molar-refractivity contribution in [2.75, 3.05) is 10.6 Å². The minimum Gasteiger partial charge on any atom is -0.478 e. The molecule has 0 saturated heterocycles. The van der Waals surface area contributed by atoms with Crippen molar-refractivity contribution >= 4 is 34.8 Å². The number of ether oxygens (including phenoxy) is 1. The number of anilines is 2. The lowest BCUT2D eigenvalue weighted by Gasteiger charge is -2.25. The van der Waals surface area contributed by atoms with Crippen LogP contribution in [0.1, 0.15) is 24.2 Å². The van der Waals surface area contributed by atoms with Gasteiger partial charge in [0, 0.05) is 22.0 Å². The molecule has 0 bridgehead atoms. The van der Waals surface area contributed by atoms with E-state index >= 15 is 0 Å². The van der Waals surface area contributed by atoms with Gasteiger partial charge in [0.25, 0.3) is 11.8 Å². The van der Waals surface area contributed by atoms with Crippen molar-refractivity contribution in [3.05, 3.63) is 89.4 Å². The number of amides is 2. The monoisotopic (exact) mass is 408 g/mol. The van der Waals surface area contributed by atoms with Crippen molar-refractivity contribution in [1.82, 2.24) is 0 Å². The first-order valence-electron chi connectivity index (χ1n) is 9.06. The molecule has 0 fully saturated rings. The molecule has 0 aliphatic heterocycles. The quantitative estimate of drug-likeness (QED) is 0.574. The van der Waals surface area contributed by atoms with Gasteiger partial charge in [-0.05, 0) is 68.4 Å². The van der Waals surface area contributed by atoms with Crippen molar-refractivity contribution in [3.8, 4) is 5.75 Å². The van der Waals surface area contributed by atoms with E-state index < -0.39 is 5.60 Å². The topological polar surface area (TPSA) is 67.4 Å². The predicted octanol–water partition coefficient (Wildman–Crippen LogP) is 5.39. The molecule has 0 aliphatic carbocycles. The molecule has 2 N–H and O–H groups in total. The number of hydrogen-bond acceptors (Lipinski definition) is 3. The molecule has 0 unspecified atom stereocenters. The second-order valence-electron chi connectivity index (χ2n) is 6.92. The van der Waals surface area contributed by atoms with E-state index in [0.717, 1.165) is 0 Å². The van der Waals surface area contributed by atoms with Crippen molar-refractivity contribution in [2.24, 2.45) is 0 Å². The van der Waals surface area contributed by atoms with E-state index in [1.807, 2.05) is 6.07 Å². The Hall–Kier alpha value is -3.31. The van der Waals surface area contributed by atoms with Crippen LogP contribution >= 0.6 is 11.6 Å². The first-order valence-corrected chi connectivity index (χ1v) is 9.44. The Bertz CT molecular complexity index is 1000. The third kappa shape index (κ3) is 5.59. The Labute approximate surface area is 174 Å². The van der Waals surface area contributed by atoms with E-state index in [-0.39, 0.29) is 11.8 Å². The molecule has 148 valence electrons. The van der Waals surface area contributed by atoms with Crippen LogP contribution in [0.5, 0.6) is 5.75 Å². The average molecular weight is 409 g/mol. The van der Waals surface area contributed by atoms with Crippen LogP contribution in [0.4, 0.5) is 11.4 Å². The van der Waals surface area contributed by atoms with E-state index in [2.05, 4.69) is 10.6 Å². The fourth-order valence-electron chi connectivity index (χ4n) is 2.59. The zero-order valence-corrected chi connectivity index (χ0v) is 16.9. The van der Waals surface area contributed by atoms with Crippen molar-refractivity contribution in [2.45, 2.75) is 19.4 Å². The summed E-state index contributed by atoms with van der Waals surface area (Å²) in [5, 5.41) is 6.24. The predicted molar refractivity (Wildman–Crippen MR) is 116 cm³/mol. The van der Waals surface area contributed by atoms with Crippen LogP contribution in [0, 0.1) is 0 Å². The Morgan fingerprint density at radius 3 is 2.10 bits per heavy atom. The largest absolute Gasteiger partial charge is 0.478 e. The number of nitrogens with one attached hydrogen (secondary N) is 2. The molecule has 5 nitrogen and oxygen atoms in total. The molecule has 3 aromatic carbocycles. The maximum Gasteiger partial charge on any atom is 0.267 e. The average Bonchev–Trinajstić information content (AvgIpc) is 2.70. The van der Waals surface area contributed by atoms with E-state index in [4.69, 9.17) is 16.3 Å². The lowest BCUT2D eigenvalue weighted by atomic mass is 10.1. The minimum absolute atomic E-state index is 0.222. The first-order chi connectivity index (χ1) is 13.8. The Kier molecular flexibility index (Phi) is 6.20. The van der Waals surface area contributed by atoms with Gasteiger partial charge >= 0.3 is 0 Å². The highest BCUT2D eigenvalue weighted by Gasteiger charge is 2.30. The summed E-state index contributed by atoms with van der Waals surface area (Å²) in [6.45, 7) is 3.36. The molecular weight excluding hydrogens is 388 g/mol. The van der Waals surface area contributed by atoms with Gasteiger partial charge in [0.1, 0.15) is 5.75 Å². The number of rotatable bonds is 6. The third-order valence-electron chi connectivity index (χ3n) is 4.15. The molecule has 0 aliphatic rings. The maximum atomic E-state index is 12.7. The second-order valence-corrected chi connectivity index (χ2v) is 7.36. The van der Waals surface area contributed by atoms with Gasteiger partial charge in [-0.2, -0.15) is 0 Å². The number of hydrogen-bond donors (Lipinski definition) is 2. The maximum absolute atomic E-state index is 12.7. The van der Waals surface area contributed by atoms with E-state index in [1.54, 1.807) is 86.6 Å². The zero-order valence-electron chi connectivity index (χ0n) is 16.1. The third-order valence-corrected chi connectivity index (χ3v) is 4.40. The SMILES string of the molecule is CC(C)(Oc1ccc(Cl)cc1)C(=O)Nc1cccc(NC(=O)c2ccccc2)c1. The summed E-state index contributed by atoms with van der Waals surface area (Å²) in [5.41, 5.74) is 0.568. The van der Waals surface area contributed by atoms with Crippen LogP contribution in [-0.4, -0.2) is 17.4 Å². The molecule has 3 rings (SSSR count). The molecule has 0 aromatic heterocycles. The van der Waals surface area contributed by atoms with Crippen molar-refractivity contribution in [3.63, 3.8) is 0 Å². The van der Waals surface area contributed by atoms with Crippen LogP contribution < -0.4 is 15.4 Å². The second kappa shape index (κ2) is 8.80. The highest BCUT2D eigenvalue weighted by Crippen LogP contribution is 2.23. The highest BCUT2D eigenvalue weighted by molar-refractivity contribution is 6.30. The van der Waals surface area contributed by atoms with Gasteiger partial charge in [-0.3, -0.25) is 9.59 Å². The van der Waals surface area contributed by atoms with E-state index in [1.165, 1.54) is 0 Å². The molecule has 0 saturated carbocycles. The molecule has 3 aromatic rings. The zero-order chi connectivity index (χ0) is 20.9. The van der Waals surface area contributed by atoms with Gasteiger partial charge < -0.3 is 15.4 Å². The molecule has 2 amide bonds. The number of benzene rings is 3. The molecule has 0 spiro atoms. The van der Waals surface area contributed by atoms with E-state index in [9.17, 15) is 9.59 Å². The summed E-state index contributed by atoms with van der Waals surface area (Å²) < 4.78 is 5.80. The molecule has 0 atom stereocenters. The van der Waals surface area contributed by atoms with Gasteiger partial charge in [0.15, 0.2) is 5.60 Å². The van der Waals surface area contributed by atoms with Gasteiger partial charge in [0.2, 0.25) is 0 Å². The van der Waals surface area contributed by atoms with Gasteiger partial charge in [-0.15, -0.1) is 0 Å². The van der Waals surface area contributed by atoms with Crippen LogP contribution in [0.25, 0.3) is 0 Å². The van der Waals surface area contributed by atoms with Gasteiger partial charge in [-0.25, -0.2) is 0 Å². The van der Waals surface area contributed by atoms with Crippen molar-refractivity contribution in [1.29, 1.82) is 0 Å². The summed E-state index contributed by atoms with van der Waals surface area (Å²) in [6.07, 6.45) is 0. The summed E-state index contributed by atoms with van der Waals surface area (Å²) >= 11 is 5.88. The van der Waals surface area contributed by atoms with E-state index in [0.29, 0.717) is 27.7 Å². The molecule has 29 heavy (non-hydrogen) atoms. The van der Waals surface area contributed by atoms with Gasteiger partial charge in [0.05, 0.1) is 0 Å². The Balaban J connectivity index is 1.66. The standard InChI is InChI=1S/C23H21ClN2O3/c1-23(2,29-20-13-11-17(24)12-14-20)22(28)26-19-10-6-9-18(15-19)25-21(27)16-7-4-3-5-8-16/h3-15H,1-2H3,(H,25,27)(H,26,28). The van der Waals surface area contributed by atoms with Crippen LogP contribution in [0.3, 0.4) is 0 Å². The van der Waals surface area contributed by atoms with Crippen molar-refractivity contribution < 1.29 is 14.3 Å². The minimum atomic E-state index is -1.11. The first kappa shape index (κ1) is 20.4. The smallest absolute Gasteiger partial charge is 0.267 e. The molecule has 0 radical (unpaired) electrons.